The fraction of sp³-hybridized carbons (Fsp3) is 0.571. The van der Waals surface area contributed by atoms with Gasteiger partial charge in [-0.2, -0.15) is 0 Å². The van der Waals surface area contributed by atoms with Gasteiger partial charge in [-0.3, -0.25) is 9.78 Å². The van der Waals surface area contributed by atoms with E-state index in [2.05, 4.69) is 38.0 Å². The first-order valence-corrected chi connectivity index (χ1v) is 6.52. The van der Waals surface area contributed by atoms with Crippen LogP contribution >= 0.6 is 11.6 Å². The highest BCUT2D eigenvalue weighted by atomic mass is 35.5. The van der Waals surface area contributed by atoms with E-state index in [9.17, 15) is 4.79 Å². The summed E-state index contributed by atoms with van der Waals surface area (Å²) in [5.74, 6) is 0.325. The second-order valence-electron chi connectivity index (χ2n) is 5.63. The van der Waals surface area contributed by atoms with Crippen LogP contribution in [0.2, 0.25) is 5.02 Å². The van der Waals surface area contributed by atoms with E-state index in [1.807, 2.05) is 6.92 Å². The van der Waals surface area contributed by atoms with Crippen LogP contribution in [0.25, 0.3) is 0 Å². The summed E-state index contributed by atoms with van der Waals surface area (Å²) in [6.07, 6.45) is 1.52. The molecule has 0 aliphatic rings. The zero-order valence-electron chi connectivity index (χ0n) is 11.7. The summed E-state index contributed by atoms with van der Waals surface area (Å²) in [5.41, 5.74) is 1.29. The first kappa shape index (κ1) is 15.0. The molecule has 100 valence electrons. The topological polar surface area (TPSA) is 42.0 Å². The summed E-state index contributed by atoms with van der Waals surface area (Å²) in [6, 6.07) is 1.70. The Balaban J connectivity index is 2.72. The number of carbonyl (C=O) groups is 1. The van der Waals surface area contributed by atoms with Crippen molar-refractivity contribution in [2.45, 2.75) is 34.6 Å². The fourth-order valence-corrected chi connectivity index (χ4v) is 1.59. The van der Waals surface area contributed by atoms with Crippen LogP contribution in [0.4, 0.5) is 0 Å². The molecule has 1 amide bonds. The summed E-state index contributed by atoms with van der Waals surface area (Å²) >= 11 is 6.04. The lowest BCUT2D eigenvalue weighted by Gasteiger charge is -2.29. The van der Waals surface area contributed by atoms with E-state index in [4.69, 9.17) is 11.6 Å². The highest BCUT2D eigenvalue weighted by Crippen LogP contribution is 2.25. The maximum atomic E-state index is 12.0. The summed E-state index contributed by atoms with van der Waals surface area (Å²) in [7, 11) is 0. The van der Waals surface area contributed by atoms with Crippen molar-refractivity contribution in [3.05, 3.63) is 28.5 Å². The van der Waals surface area contributed by atoms with E-state index < -0.39 is 0 Å². The molecule has 18 heavy (non-hydrogen) atoms. The number of pyridine rings is 1. The highest BCUT2D eigenvalue weighted by Gasteiger charge is 2.23. The zero-order valence-corrected chi connectivity index (χ0v) is 12.4. The van der Waals surface area contributed by atoms with Crippen molar-refractivity contribution in [3.8, 4) is 0 Å². The molecule has 4 heteroatoms. The van der Waals surface area contributed by atoms with Crippen LogP contribution in [-0.2, 0) is 0 Å². The van der Waals surface area contributed by atoms with Gasteiger partial charge >= 0.3 is 0 Å². The normalized spacial score (nSPS) is 11.7. The smallest absolute Gasteiger partial charge is 0.254 e. The summed E-state index contributed by atoms with van der Waals surface area (Å²) in [5, 5.41) is 3.36. The molecule has 0 unspecified atom stereocenters. The number of halogens is 1. The number of carbonyl (C=O) groups excluding carboxylic acids is 1. The Morgan fingerprint density at radius 1 is 1.50 bits per heavy atom. The molecule has 1 aromatic heterocycles. The molecule has 0 saturated heterocycles. The van der Waals surface area contributed by atoms with Gasteiger partial charge in [0.15, 0.2) is 0 Å². The number of rotatable bonds is 4. The number of amides is 1. The summed E-state index contributed by atoms with van der Waals surface area (Å²) < 4.78 is 0. The number of nitrogens with one attached hydrogen (secondary N) is 1. The largest absolute Gasteiger partial charge is 0.351 e. The monoisotopic (exact) mass is 268 g/mol. The molecular weight excluding hydrogens is 248 g/mol. The Labute approximate surface area is 114 Å². The SMILES string of the molecule is Cc1cc(Cl)c(C(=O)NCC(C)(C)C(C)C)cn1. The number of nitrogens with zero attached hydrogens (tertiary/aromatic N) is 1. The van der Waals surface area contributed by atoms with Crippen LogP contribution < -0.4 is 5.32 Å². The molecule has 0 bridgehead atoms. The molecule has 0 saturated carbocycles. The Bertz CT molecular complexity index is 441. The van der Waals surface area contributed by atoms with Gasteiger partial charge in [-0.25, -0.2) is 0 Å². The van der Waals surface area contributed by atoms with Crippen LogP contribution in [-0.4, -0.2) is 17.4 Å². The van der Waals surface area contributed by atoms with Crippen molar-refractivity contribution in [2.75, 3.05) is 6.54 Å². The summed E-state index contributed by atoms with van der Waals surface area (Å²) in [4.78, 5) is 16.1. The van der Waals surface area contributed by atoms with Crippen molar-refractivity contribution in [3.63, 3.8) is 0 Å². The third kappa shape index (κ3) is 3.70. The Morgan fingerprint density at radius 2 is 2.11 bits per heavy atom. The average Bonchev–Trinajstić information content (AvgIpc) is 2.25. The van der Waals surface area contributed by atoms with Crippen molar-refractivity contribution in [1.29, 1.82) is 0 Å². The third-order valence-corrected chi connectivity index (χ3v) is 3.82. The van der Waals surface area contributed by atoms with Gasteiger partial charge in [-0.15, -0.1) is 0 Å². The molecule has 3 nitrogen and oxygen atoms in total. The minimum absolute atomic E-state index is 0.0558. The van der Waals surface area contributed by atoms with E-state index in [-0.39, 0.29) is 11.3 Å². The van der Waals surface area contributed by atoms with Gasteiger partial charge in [0.2, 0.25) is 0 Å². The molecule has 0 spiro atoms. The van der Waals surface area contributed by atoms with Gasteiger partial charge in [0.1, 0.15) is 0 Å². The molecule has 0 aromatic carbocycles. The Hall–Kier alpha value is -1.09. The van der Waals surface area contributed by atoms with Crippen molar-refractivity contribution >= 4 is 17.5 Å². The fourth-order valence-electron chi connectivity index (χ4n) is 1.30. The molecule has 1 aromatic rings. The molecule has 0 atom stereocenters. The van der Waals surface area contributed by atoms with E-state index in [0.29, 0.717) is 23.0 Å². The number of aromatic nitrogens is 1. The highest BCUT2D eigenvalue weighted by molar-refractivity contribution is 6.33. The van der Waals surface area contributed by atoms with E-state index in [1.165, 1.54) is 6.20 Å². The molecular formula is C14H21ClN2O. The van der Waals surface area contributed by atoms with Crippen molar-refractivity contribution in [2.24, 2.45) is 11.3 Å². The molecule has 0 radical (unpaired) electrons. The van der Waals surface area contributed by atoms with Crippen molar-refractivity contribution in [1.82, 2.24) is 10.3 Å². The molecule has 0 aliphatic carbocycles. The standard InChI is InChI=1S/C14H21ClN2O/c1-9(2)14(4,5)8-17-13(18)11-7-16-10(3)6-12(11)15/h6-7,9H,8H2,1-5H3,(H,17,18). The van der Waals surface area contributed by atoms with Crippen LogP contribution in [0.3, 0.4) is 0 Å². The lowest BCUT2D eigenvalue weighted by molar-refractivity contribution is 0.0924. The molecule has 1 N–H and O–H groups in total. The minimum Gasteiger partial charge on any atom is -0.351 e. The van der Waals surface area contributed by atoms with Gasteiger partial charge in [0.25, 0.3) is 5.91 Å². The Morgan fingerprint density at radius 3 is 2.61 bits per heavy atom. The Kier molecular flexibility index (Phi) is 4.74. The molecule has 1 rings (SSSR count). The van der Waals surface area contributed by atoms with Gasteiger partial charge in [-0.05, 0) is 24.3 Å². The summed E-state index contributed by atoms with van der Waals surface area (Å²) in [6.45, 7) is 11.0. The lowest BCUT2D eigenvalue weighted by atomic mass is 9.81. The van der Waals surface area contributed by atoms with E-state index >= 15 is 0 Å². The predicted octanol–water partition coefficient (Wildman–Crippen LogP) is 3.46. The maximum absolute atomic E-state index is 12.0. The number of hydrogen-bond donors (Lipinski definition) is 1. The minimum atomic E-state index is -0.166. The van der Waals surface area contributed by atoms with E-state index in [0.717, 1.165) is 5.69 Å². The number of hydrogen-bond acceptors (Lipinski definition) is 2. The van der Waals surface area contributed by atoms with Crippen LogP contribution in [0, 0.1) is 18.3 Å². The van der Waals surface area contributed by atoms with Gasteiger partial charge < -0.3 is 5.32 Å². The zero-order chi connectivity index (χ0) is 13.9. The second-order valence-corrected chi connectivity index (χ2v) is 6.04. The maximum Gasteiger partial charge on any atom is 0.254 e. The first-order valence-electron chi connectivity index (χ1n) is 6.14. The molecule has 0 fully saturated rings. The number of aryl methyl sites for hydroxylation is 1. The predicted molar refractivity (Wildman–Crippen MR) is 74.9 cm³/mol. The van der Waals surface area contributed by atoms with Crippen LogP contribution in [0.1, 0.15) is 43.7 Å². The van der Waals surface area contributed by atoms with Crippen molar-refractivity contribution < 1.29 is 4.79 Å². The molecule has 0 aliphatic heterocycles. The molecule has 1 heterocycles. The third-order valence-electron chi connectivity index (χ3n) is 3.50. The van der Waals surface area contributed by atoms with Crippen LogP contribution in [0.5, 0.6) is 0 Å². The average molecular weight is 269 g/mol. The van der Waals surface area contributed by atoms with Gasteiger partial charge in [0, 0.05) is 18.4 Å². The van der Waals surface area contributed by atoms with E-state index in [1.54, 1.807) is 6.07 Å². The van der Waals surface area contributed by atoms with Gasteiger partial charge in [0.05, 0.1) is 10.6 Å². The van der Waals surface area contributed by atoms with Crippen LogP contribution in [0.15, 0.2) is 12.3 Å². The quantitative estimate of drug-likeness (QED) is 0.909. The lowest BCUT2D eigenvalue weighted by Crippen LogP contribution is -2.37. The second kappa shape index (κ2) is 5.70. The van der Waals surface area contributed by atoms with Gasteiger partial charge in [-0.1, -0.05) is 39.3 Å². The first-order chi connectivity index (χ1) is 8.24.